The maximum Gasteiger partial charge on any atom is 0.397 e. The minimum atomic E-state index is -4.45. The summed E-state index contributed by atoms with van der Waals surface area (Å²) in [5.74, 6) is -0.711. The molecule has 1 aliphatic rings. The highest BCUT2D eigenvalue weighted by Crippen LogP contribution is 2.25. The predicted octanol–water partition coefficient (Wildman–Crippen LogP) is 3.21. The largest absolute Gasteiger partial charge is 0.397 e. The fraction of sp³-hybridized carbons (Fsp3) is 0.588. The minimum absolute atomic E-state index is 0.111. The molecule has 23 heavy (non-hydrogen) atoms. The van der Waals surface area contributed by atoms with Gasteiger partial charge in [-0.1, -0.05) is 44.2 Å². The van der Waals surface area contributed by atoms with Gasteiger partial charge in [0.1, 0.15) is 6.42 Å². The number of carbonyl (C=O) groups excluding carboxylic acids is 1. The predicted molar refractivity (Wildman–Crippen MR) is 82.6 cm³/mol. The van der Waals surface area contributed by atoms with E-state index in [0.717, 1.165) is 19.6 Å². The van der Waals surface area contributed by atoms with Gasteiger partial charge in [0.05, 0.1) is 0 Å². The lowest BCUT2D eigenvalue weighted by Crippen LogP contribution is -2.54. The summed E-state index contributed by atoms with van der Waals surface area (Å²) in [5, 5.41) is 2.57. The van der Waals surface area contributed by atoms with E-state index >= 15 is 0 Å². The average Bonchev–Trinajstić information content (AvgIpc) is 2.42. The van der Waals surface area contributed by atoms with E-state index in [1.54, 1.807) is 0 Å². The van der Waals surface area contributed by atoms with Crippen LogP contribution < -0.4 is 5.32 Å². The third kappa shape index (κ3) is 5.53. The highest BCUT2D eigenvalue weighted by molar-refractivity contribution is 5.77. The number of alkyl halides is 3. The molecule has 1 amide bonds. The average molecular weight is 328 g/mol. The lowest BCUT2D eigenvalue weighted by Gasteiger charge is -2.41. The Morgan fingerprint density at radius 2 is 1.74 bits per heavy atom. The van der Waals surface area contributed by atoms with Crippen LogP contribution in [-0.2, 0) is 11.3 Å². The monoisotopic (exact) mass is 328 g/mol. The Hall–Kier alpha value is -1.56. The molecule has 6 heteroatoms. The highest BCUT2D eigenvalue weighted by Gasteiger charge is 2.36. The number of rotatable bonds is 4. The Bertz CT molecular complexity index is 506. The van der Waals surface area contributed by atoms with Crippen LogP contribution in [0.1, 0.15) is 25.8 Å². The molecular weight excluding hydrogens is 305 g/mol. The van der Waals surface area contributed by atoms with Gasteiger partial charge in [0.25, 0.3) is 0 Å². The van der Waals surface area contributed by atoms with E-state index < -0.39 is 18.5 Å². The van der Waals surface area contributed by atoms with Gasteiger partial charge in [-0.05, 0) is 17.4 Å². The zero-order valence-corrected chi connectivity index (χ0v) is 13.4. The number of piperidine rings is 1. The first-order chi connectivity index (χ1) is 10.7. The van der Waals surface area contributed by atoms with Crippen LogP contribution in [-0.4, -0.2) is 36.1 Å². The van der Waals surface area contributed by atoms with Crippen molar-refractivity contribution in [2.45, 2.75) is 39.0 Å². The molecule has 0 aromatic heterocycles. The molecule has 3 nitrogen and oxygen atoms in total. The third-order valence-electron chi connectivity index (χ3n) is 4.26. The second-order valence-electron chi connectivity index (χ2n) is 6.52. The molecule has 3 atom stereocenters. The molecule has 0 bridgehead atoms. The van der Waals surface area contributed by atoms with Crippen molar-refractivity contribution in [2.75, 3.05) is 13.1 Å². The van der Waals surface area contributed by atoms with Crippen LogP contribution in [0.2, 0.25) is 0 Å². The van der Waals surface area contributed by atoms with Gasteiger partial charge in [-0.15, -0.1) is 0 Å². The summed E-state index contributed by atoms with van der Waals surface area (Å²) in [5.41, 5.74) is 1.21. The van der Waals surface area contributed by atoms with Gasteiger partial charge in [-0.3, -0.25) is 9.69 Å². The van der Waals surface area contributed by atoms with Gasteiger partial charge in [-0.2, -0.15) is 13.2 Å². The number of amides is 1. The van der Waals surface area contributed by atoms with Crippen molar-refractivity contribution in [3.8, 4) is 0 Å². The van der Waals surface area contributed by atoms with Crippen molar-refractivity contribution in [2.24, 2.45) is 11.8 Å². The number of halogens is 3. The summed E-state index contributed by atoms with van der Waals surface area (Å²) >= 11 is 0. The Balaban J connectivity index is 1.90. The Kier molecular flexibility index (Phi) is 5.68. The molecule has 1 fully saturated rings. The van der Waals surface area contributed by atoms with E-state index in [9.17, 15) is 18.0 Å². The van der Waals surface area contributed by atoms with Crippen LogP contribution >= 0.6 is 0 Å². The van der Waals surface area contributed by atoms with Gasteiger partial charge in [0.15, 0.2) is 0 Å². The molecule has 2 rings (SSSR count). The van der Waals surface area contributed by atoms with E-state index in [4.69, 9.17) is 0 Å². The van der Waals surface area contributed by atoms with Crippen LogP contribution in [0.5, 0.6) is 0 Å². The van der Waals surface area contributed by atoms with Crippen molar-refractivity contribution >= 4 is 5.91 Å². The summed E-state index contributed by atoms with van der Waals surface area (Å²) in [6.07, 6.45) is -5.86. The molecule has 1 saturated heterocycles. The normalized spacial score (nSPS) is 26.0. The van der Waals surface area contributed by atoms with Gasteiger partial charge in [0.2, 0.25) is 5.91 Å². The SMILES string of the molecule is C[C@@H]1CN(Cc2ccccc2)C[C@H](C)C1NC(=O)CC(F)(F)F. The maximum atomic E-state index is 12.3. The van der Waals surface area contributed by atoms with Crippen molar-refractivity contribution < 1.29 is 18.0 Å². The van der Waals surface area contributed by atoms with E-state index in [-0.39, 0.29) is 17.9 Å². The molecule has 0 radical (unpaired) electrons. The van der Waals surface area contributed by atoms with Crippen LogP contribution in [0.25, 0.3) is 0 Å². The van der Waals surface area contributed by atoms with Crippen LogP contribution in [0.15, 0.2) is 30.3 Å². The van der Waals surface area contributed by atoms with Gasteiger partial charge >= 0.3 is 6.18 Å². The molecule has 1 aromatic carbocycles. The van der Waals surface area contributed by atoms with Crippen molar-refractivity contribution in [3.63, 3.8) is 0 Å². The van der Waals surface area contributed by atoms with Crippen LogP contribution in [0.3, 0.4) is 0 Å². The van der Waals surface area contributed by atoms with E-state index in [1.165, 1.54) is 5.56 Å². The molecular formula is C17H23F3N2O. The fourth-order valence-corrected chi connectivity index (χ4v) is 3.35. The molecule has 0 saturated carbocycles. The maximum absolute atomic E-state index is 12.3. The Morgan fingerprint density at radius 1 is 1.17 bits per heavy atom. The first-order valence-corrected chi connectivity index (χ1v) is 7.87. The summed E-state index contributed by atoms with van der Waals surface area (Å²) in [4.78, 5) is 13.8. The van der Waals surface area contributed by atoms with E-state index in [1.807, 2.05) is 32.0 Å². The molecule has 0 spiro atoms. The minimum Gasteiger partial charge on any atom is -0.352 e. The number of nitrogens with one attached hydrogen (secondary N) is 1. The molecule has 1 N–H and O–H groups in total. The lowest BCUT2D eigenvalue weighted by molar-refractivity contribution is -0.155. The first-order valence-electron chi connectivity index (χ1n) is 7.87. The van der Waals surface area contributed by atoms with E-state index in [0.29, 0.717) is 0 Å². The second kappa shape index (κ2) is 7.34. The quantitative estimate of drug-likeness (QED) is 0.920. The zero-order chi connectivity index (χ0) is 17.0. The number of carbonyl (C=O) groups is 1. The third-order valence-corrected chi connectivity index (χ3v) is 4.26. The summed E-state index contributed by atoms with van der Waals surface area (Å²) < 4.78 is 36.9. The molecule has 1 heterocycles. The van der Waals surface area contributed by atoms with Crippen molar-refractivity contribution in [3.05, 3.63) is 35.9 Å². The Morgan fingerprint density at radius 3 is 2.26 bits per heavy atom. The summed E-state index contributed by atoms with van der Waals surface area (Å²) in [7, 11) is 0. The second-order valence-corrected chi connectivity index (χ2v) is 6.52. The molecule has 0 aliphatic carbocycles. The summed E-state index contributed by atoms with van der Waals surface area (Å²) in [6.45, 7) is 6.30. The lowest BCUT2D eigenvalue weighted by atomic mass is 9.85. The Labute approximate surface area is 134 Å². The topological polar surface area (TPSA) is 32.3 Å². The number of hydrogen-bond donors (Lipinski definition) is 1. The molecule has 1 aliphatic heterocycles. The number of likely N-dealkylation sites (tertiary alicyclic amines) is 1. The molecule has 128 valence electrons. The fourth-order valence-electron chi connectivity index (χ4n) is 3.35. The van der Waals surface area contributed by atoms with Gasteiger partial charge in [0, 0.05) is 25.7 Å². The van der Waals surface area contributed by atoms with Gasteiger partial charge in [-0.25, -0.2) is 0 Å². The molecule has 1 unspecified atom stereocenters. The number of benzene rings is 1. The first kappa shape index (κ1) is 17.8. The number of nitrogens with zero attached hydrogens (tertiary/aromatic N) is 1. The highest BCUT2D eigenvalue weighted by atomic mass is 19.4. The van der Waals surface area contributed by atoms with Crippen molar-refractivity contribution in [1.29, 1.82) is 0 Å². The smallest absolute Gasteiger partial charge is 0.352 e. The van der Waals surface area contributed by atoms with Crippen LogP contribution in [0.4, 0.5) is 13.2 Å². The van der Waals surface area contributed by atoms with Crippen molar-refractivity contribution in [1.82, 2.24) is 10.2 Å². The van der Waals surface area contributed by atoms with E-state index in [2.05, 4.69) is 22.3 Å². The number of hydrogen-bond acceptors (Lipinski definition) is 2. The standard InChI is InChI=1S/C17H23F3N2O/c1-12-9-22(11-14-6-4-3-5-7-14)10-13(2)16(12)21-15(23)8-17(18,19)20/h3-7,12-13,16H,8-11H2,1-2H3,(H,21,23)/t12-,13+,16?. The molecule has 1 aromatic rings. The van der Waals surface area contributed by atoms with Gasteiger partial charge < -0.3 is 5.32 Å². The zero-order valence-electron chi connectivity index (χ0n) is 13.4. The van der Waals surface area contributed by atoms with Crippen LogP contribution in [0, 0.1) is 11.8 Å². The summed E-state index contributed by atoms with van der Waals surface area (Å²) in [6, 6.07) is 9.87.